The Labute approximate surface area is 151 Å². The number of nitrogens with zero attached hydrogens (tertiary/aromatic N) is 3. The lowest BCUT2D eigenvalue weighted by atomic mass is 9.94. The monoisotopic (exact) mass is 360 g/mol. The fourth-order valence-corrected chi connectivity index (χ4v) is 4.99. The first-order chi connectivity index (χ1) is 12.2. The topological polar surface area (TPSA) is 61.5 Å². The van der Waals surface area contributed by atoms with Crippen LogP contribution in [-0.4, -0.2) is 65.3 Å². The quantitative estimate of drug-likeness (QED) is 0.858. The zero-order valence-corrected chi connectivity index (χ0v) is 15.3. The van der Waals surface area contributed by atoms with Gasteiger partial charge in [-0.3, -0.25) is 14.8 Å². The Morgan fingerprint density at radius 1 is 1.32 bits per heavy atom. The number of thiophene rings is 1. The number of aromatic amines is 1. The van der Waals surface area contributed by atoms with Gasteiger partial charge in [0.15, 0.2) is 0 Å². The van der Waals surface area contributed by atoms with Crippen LogP contribution < -0.4 is 0 Å². The van der Waals surface area contributed by atoms with Crippen LogP contribution in [0.1, 0.15) is 17.7 Å². The molecule has 6 nitrogen and oxygen atoms in total. The molecular weight excluding hydrogens is 336 g/mol. The van der Waals surface area contributed by atoms with E-state index in [2.05, 4.69) is 32.1 Å². The number of H-pyrrole nitrogens is 1. The highest BCUT2D eigenvalue weighted by molar-refractivity contribution is 7.15. The third kappa shape index (κ3) is 3.49. The second-order valence-electron chi connectivity index (χ2n) is 6.88. The van der Waals surface area contributed by atoms with Gasteiger partial charge in [0.2, 0.25) is 5.91 Å². The summed E-state index contributed by atoms with van der Waals surface area (Å²) >= 11 is 1.80. The van der Waals surface area contributed by atoms with E-state index in [9.17, 15) is 4.79 Å². The normalized spacial score (nSPS) is 24.0. The van der Waals surface area contributed by atoms with E-state index >= 15 is 0 Å². The number of rotatable bonds is 6. The van der Waals surface area contributed by atoms with E-state index in [1.54, 1.807) is 24.6 Å². The van der Waals surface area contributed by atoms with Crippen molar-refractivity contribution >= 4 is 17.2 Å². The maximum absolute atomic E-state index is 12.7. The van der Waals surface area contributed by atoms with E-state index in [0.717, 1.165) is 38.2 Å². The summed E-state index contributed by atoms with van der Waals surface area (Å²) in [6.07, 6.45) is 3.91. The minimum absolute atomic E-state index is 0.141. The van der Waals surface area contributed by atoms with Gasteiger partial charge in [0, 0.05) is 50.4 Å². The van der Waals surface area contributed by atoms with Crippen molar-refractivity contribution < 1.29 is 9.53 Å². The molecule has 2 bridgehead atoms. The first-order valence-electron chi connectivity index (χ1n) is 8.85. The molecule has 3 fully saturated rings. The Balaban J connectivity index is 1.45. The van der Waals surface area contributed by atoms with E-state index in [1.165, 1.54) is 9.75 Å². The lowest BCUT2D eigenvalue weighted by Crippen LogP contribution is -2.49. The molecule has 2 unspecified atom stereocenters. The van der Waals surface area contributed by atoms with Crippen molar-refractivity contribution in [3.63, 3.8) is 0 Å². The van der Waals surface area contributed by atoms with Crippen molar-refractivity contribution in [3.8, 4) is 10.6 Å². The molecule has 1 amide bonds. The number of nitrogens with one attached hydrogen (secondary N) is 1. The molecule has 0 aliphatic carbocycles. The van der Waals surface area contributed by atoms with Crippen LogP contribution >= 0.6 is 11.3 Å². The van der Waals surface area contributed by atoms with Gasteiger partial charge in [0.25, 0.3) is 0 Å². The molecule has 2 aromatic rings. The largest absolute Gasteiger partial charge is 0.383 e. The zero-order valence-electron chi connectivity index (χ0n) is 14.5. The molecule has 2 atom stereocenters. The second-order valence-corrected chi connectivity index (χ2v) is 8.05. The number of hydrogen-bond acceptors (Lipinski definition) is 5. The molecule has 0 aromatic carbocycles. The van der Waals surface area contributed by atoms with Crippen molar-refractivity contribution in [1.29, 1.82) is 0 Å². The number of ether oxygens (including phenoxy) is 1. The Hall–Kier alpha value is -1.70. The van der Waals surface area contributed by atoms with Gasteiger partial charge >= 0.3 is 0 Å². The summed E-state index contributed by atoms with van der Waals surface area (Å²) in [4.78, 5) is 19.8. The maximum Gasteiger partial charge on any atom is 0.227 e. The predicted octanol–water partition coefficient (Wildman–Crippen LogP) is 2.21. The lowest BCUT2D eigenvalue weighted by molar-refractivity contribution is -0.140. The summed E-state index contributed by atoms with van der Waals surface area (Å²) in [5.74, 6) is 0.461. The van der Waals surface area contributed by atoms with Crippen LogP contribution in [0.3, 0.4) is 0 Å². The highest BCUT2D eigenvalue weighted by Gasteiger charge is 2.40. The SMILES string of the molecule is COCCN1C(=O)C2CCC1CN(Cc1ccc(-c3ccn[nH]3)s1)C2. The van der Waals surface area contributed by atoms with Crippen LogP contribution in [0.2, 0.25) is 0 Å². The Bertz CT molecular complexity index is 714. The zero-order chi connectivity index (χ0) is 17.2. The smallest absolute Gasteiger partial charge is 0.227 e. The minimum Gasteiger partial charge on any atom is -0.383 e. The summed E-state index contributed by atoms with van der Waals surface area (Å²) < 4.78 is 5.19. The molecule has 2 aromatic heterocycles. The number of methoxy groups -OCH3 is 1. The first-order valence-corrected chi connectivity index (χ1v) is 9.66. The maximum atomic E-state index is 12.7. The number of hydrogen-bond donors (Lipinski definition) is 1. The molecule has 1 N–H and O–H groups in total. The van der Waals surface area contributed by atoms with Crippen LogP contribution in [0.5, 0.6) is 0 Å². The third-order valence-corrected chi connectivity index (χ3v) is 6.32. The van der Waals surface area contributed by atoms with Gasteiger partial charge in [-0.05, 0) is 31.0 Å². The summed E-state index contributed by atoms with van der Waals surface area (Å²) in [5, 5.41) is 7.04. The van der Waals surface area contributed by atoms with Crippen molar-refractivity contribution in [2.45, 2.75) is 25.4 Å². The van der Waals surface area contributed by atoms with Gasteiger partial charge < -0.3 is 9.64 Å². The fourth-order valence-electron chi connectivity index (χ4n) is 3.96. The van der Waals surface area contributed by atoms with Crippen LogP contribution in [0, 0.1) is 5.92 Å². The summed E-state index contributed by atoms with van der Waals surface area (Å²) in [6, 6.07) is 6.66. The molecule has 0 saturated carbocycles. The van der Waals surface area contributed by atoms with Gasteiger partial charge in [-0.15, -0.1) is 11.3 Å². The van der Waals surface area contributed by atoms with E-state index in [1.807, 2.05) is 6.07 Å². The highest BCUT2D eigenvalue weighted by atomic mass is 32.1. The van der Waals surface area contributed by atoms with Crippen molar-refractivity contribution in [3.05, 3.63) is 29.3 Å². The van der Waals surface area contributed by atoms with E-state index in [-0.39, 0.29) is 5.92 Å². The molecule has 7 heteroatoms. The summed E-state index contributed by atoms with van der Waals surface area (Å²) in [5.41, 5.74) is 1.06. The number of fused-ring (bicyclic) bond motifs is 4. The van der Waals surface area contributed by atoms with Gasteiger partial charge in [-0.1, -0.05) is 0 Å². The number of carbonyl (C=O) groups excluding carboxylic acids is 1. The molecule has 134 valence electrons. The van der Waals surface area contributed by atoms with Crippen molar-refractivity contribution in [1.82, 2.24) is 20.0 Å². The lowest BCUT2D eigenvalue weighted by Gasteiger charge is -2.35. The van der Waals surface area contributed by atoms with Crippen molar-refractivity contribution in [2.75, 3.05) is 33.4 Å². The summed E-state index contributed by atoms with van der Waals surface area (Å²) in [6.45, 7) is 4.08. The minimum atomic E-state index is 0.141. The molecule has 5 heterocycles. The Morgan fingerprint density at radius 3 is 3.04 bits per heavy atom. The van der Waals surface area contributed by atoms with E-state index in [4.69, 9.17) is 4.74 Å². The van der Waals surface area contributed by atoms with Gasteiger partial charge in [-0.25, -0.2) is 0 Å². The number of aromatic nitrogens is 2. The number of carbonyl (C=O) groups is 1. The molecule has 3 aliphatic rings. The van der Waals surface area contributed by atoms with Gasteiger partial charge in [0.05, 0.1) is 23.1 Å². The molecule has 0 spiro atoms. The first kappa shape index (κ1) is 16.8. The molecule has 3 aliphatic heterocycles. The number of amides is 1. The Morgan fingerprint density at radius 2 is 2.24 bits per heavy atom. The van der Waals surface area contributed by atoms with E-state index < -0.39 is 0 Å². The average Bonchev–Trinajstić information content (AvgIpc) is 3.22. The molecular formula is C18H24N4O2S. The van der Waals surface area contributed by atoms with Crippen LogP contribution in [0.25, 0.3) is 10.6 Å². The Kier molecular flexibility index (Phi) is 4.87. The molecule has 25 heavy (non-hydrogen) atoms. The molecule has 3 saturated heterocycles. The molecule has 5 rings (SSSR count). The van der Waals surface area contributed by atoms with Crippen LogP contribution in [-0.2, 0) is 16.1 Å². The standard InChI is InChI=1S/C18H24N4O2S/c1-24-9-8-22-14-3-2-13(18(22)23)10-21(11-14)12-15-4-5-17(25-15)16-6-7-19-20-16/h4-7,13-14H,2-3,8-12H2,1H3,(H,19,20). The van der Waals surface area contributed by atoms with Crippen LogP contribution in [0.4, 0.5) is 0 Å². The summed E-state index contributed by atoms with van der Waals surface area (Å²) in [7, 11) is 1.70. The predicted molar refractivity (Wildman–Crippen MR) is 97.3 cm³/mol. The van der Waals surface area contributed by atoms with Crippen LogP contribution in [0.15, 0.2) is 24.4 Å². The highest BCUT2D eigenvalue weighted by Crippen LogP contribution is 2.32. The van der Waals surface area contributed by atoms with E-state index in [0.29, 0.717) is 25.1 Å². The fraction of sp³-hybridized carbons (Fsp3) is 0.556. The average molecular weight is 360 g/mol. The van der Waals surface area contributed by atoms with Crippen molar-refractivity contribution in [2.24, 2.45) is 5.92 Å². The van der Waals surface area contributed by atoms with Gasteiger partial charge in [0.1, 0.15) is 0 Å². The second kappa shape index (κ2) is 7.27. The third-order valence-electron chi connectivity index (χ3n) is 5.21. The molecule has 0 radical (unpaired) electrons. The number of piperidine rings is 1. The van der Waals surface area contributed by atoms with Gasteiger partial charge in [-0.2, -0.15) is 5.10 Å².